The molecule has 0 amide bonds. The Bertz CT molecular complexity index is 9320. The van der Waals surface area contributed by atoms with E-state index in [1.54, 1.807) is 39.0 Å². The molecule has 8 aromatic heterocycles. The molecule has 0 spiro atoms. The van der Waals surface area contributed by atoms with Crippen molar-refractivity contribution in [1.29, 1.82) is 0 Å². The number of hydrogen-bond donors (Lipinski definition) is 16. The first-order chi connectivity index (χ1) is 88.1. The molecule has 0 aliphatic heterocycles. The summed E-state index contributed by atoms with van der Waals surface area (Å²) in [5.74, 6) is -9.17. The largest absolute Gasteiger partial charge is 0.394 e. The molecule has 0 saturated heterocycles. The third kappa shape index (κ3) is 23.8. The van der Waals surface area contributed by atoms with Crippen molar-refractivity contribution in [3.63, 3.8) is 0 Å². The molecule has 48 heteroatoms. The van der Waals surface area contributed by atoms with Gasteiger partial charge in [-0.05, 0) is 148 Å². The van der Waals surface area contributed by atoms with Crippen molar-refractivity contribution in [2.24, 2.45) is 0 Å². The van der Waals surface area contributed by atoms with Crippen LogP contribution in [0.5, 0.6) is 0 Å². The van der Waals surface area contributed by atoms with Gasteiger partial charge in [0, 0.05) is 134 Å². The molecule has 12 aromatic rings. The number of nitrogens with zero attached hydrogens (tertiary/aromatic N) is 20. The summed E-state index contributed by atoms with van der Waals surface area (Å²) in [5.41, 5.74) is -13.2. The molecule has 776 valence electrons. The second-order valence-corrected chi connectivity index (χ2v) is 34.3. The minimum atomic E-state index is -4.38. The summed E-state index contributed by atoms with van der Waals surface area (Å²) >= 11 is 0.551. The molecule has 8 fully saturated rings. The summed E-state index contributed by atoms with van der Waals surface area (Å²) in [6.45, 7) is -9.53. The SMILES string of the molecule is [2H]C([2H])(C)C([2H])([2H])Sc1nc(N[C@@H]2C[C@@]2([2H])c2ccc(C)c(F)c2)c2nnn([C@]3([2H])C([2H])([2H])[C@]([2H])(OC([2H])([2H])C([2H])([2H])O)[C@@]([2H])(O)[C@@]3([2H])O)c2n1.[2H]C([2H])(C)C([2H])([2H])Sc1nc(N[C@@H]2C[C@@]2([2H])c2ccc(C)c(F)c2)c2nnn([C@]3([2H])C([2H])([2H])[C@]([2H])(OCCO)[C@@]([2H])(O)[C@@]3([2H])O)c2n1.[2H]C([2H])(CO)O[C@@]1([2H])C([2H])([2H])[C@@]([2H])(n2nnc3c(N[C@@H]4C[C@@]4([2H])c4ccc(C)c(F)c4)nc(SC([2H])([2H])C([2H])([2H])C)nc32)[C@]([2H])(O)[C@]1([2H])O.[2H]C([2H])(O)CO[C@@]1([2H])C([2H])([2H])[C@@]([2H])(n2nnc3c(N[C@@H]4C[C@@]4([2H])c4ccc(C)c(F)c4)nc(SC([2H])([2H])C([2H])([2H])C)nc32)[C@]([2H])(O)[C@]1([2H])O. The Hall–Kier alpha value is -9.52. The van der Waals surface area contributed by atoms with Crippen molar-refractivity contribution in [3.05, 3.63) is 141 Å². The highest BCUT2D eigenvalue weighted by atomic mass is 32.2. The summed E-state index contributed by atoms with van der Waals surface area (Å²) < 4.78 is 509. The van der Waals surface area contributed by atoms with Gasteiger partial charge in [0.2, 0.25) is 0 Å². The maximum Gasteiger partial charge on any atom is 0.191 e. The number of fused-ring (bicyclic) bond motifs is 4. The van der Waals surface area contributed by atoms with Crippen LogP contribution in [0.4, 0.5) is 40.8 Å². The van der Waals surface area contributed by atoms with Gasteiger partial charge in [0.15, 0.2) is 88.6 Å². The standard InChI is InChI=1S/4C24H31FN6O4S/c4*1-3-8-36-24-27-22(26-16-10-14(16)13-5-4-12(2)15(25)9-13)19-23(28-24)31(30-29-19)17-11-18(35-7-6-32)21(34)20(17)33/h4*4-5,9,14,16-18,20-21,32-34H,3,6-8,10-11H2,1-2H3,(H,26,27,28)/t4*14-,16+,17+,18-,20-,21+/m0000/s1/i3D2,6D2,7D2,8D2,11D2,14D,17D,18D,20D,21D;3D2,7D2,8D2,11D2,14D,17D,18D,20D,21D;3D2,6D2,8D2,11D2,14D,17D,18D,20D,21D;3D2,8D2,11D2,14D,17D,18D,20D,21D. The van der Waals surface area contributed by atoms with Crippen LogP contribution >= 0.6 is 47.0 Å². The summed E-state index contributed by atoms with van der Waals surface area (Å²) in [6, 6.07) is -1.58. The average molecular weight is 2130 g/mol. The highest BCUT2D eigenvalue weighted by Crippen LogP contribution is 2.50. The van der Waals surface area contributed by atoms with Crippen LogP contribution in [0, 0.1) is 51.0 Å². The first-order valence-electron chi connectivity index (χ1n) is 68.7. The van der Waals surface area contributed by atoms with Crippen molar-refractivity contribution < 1.29 is 169 Å². The number of aliphatic hydroxyl groups is 12. The van der Waals surface area contributed by atoms with Crippen molar-refractivity contribution in [2.45, 2.75) is 297 Å². The van der Waals surface area contributed by atoms with Crippen molar-refractivity contribution in [3.8, 4) is 0 Å². The van der Waals surface area contributed by atoms with Gasteiger partial charge < -0.3 is 101 Å². The number of rotatable bonds is 40. The Morgan fingerprint density at radius 1 is 0.354 bits per heavy atom. The number of benzene rings is 4. The van der Waals surface area contributed by atoms with Crippen LogP contribution < -0.4 is 21.3 Å². The molecule has 144 heavy (non-hydrogen) atoms. The molecule has 0 radical (unpaired) electrons. The molecule has 40 nitrogen and oxygen atoms in total. The lowest BCUT2D eigenvalue weighted by Gasteiger charge is -2.17. The number of aromatic nitrogens is 20. The third-order valence-electron chi connectivity index (χ3n) is 21.7. The van der Waals surface area contributed by atoms with Gasteiger partial charge in [-0.15, -0.1) is 20.4 Å². The molecule has 8 saturated carbocycles. The van der Waals surface area contributed by atoms with E-state index in [4.69, 9.17) is 80.8 Å². The van der Waals surface area contributed by atoms with E-state index in [2.05, 4.69) is 112 Å². The number of hydrogen-bond acceptors (Lipinski definition) is 40. The highest BCUT2D eigenvalue weighted by molar-refractivity contribution is 7.99. The fraction of sp³-hybridized carbons (Fsp3) is 0.583. The van der Waals surface area contributed by atoms with E-state index in [0.29, 0.717) is 38.9 Å². The summed E-state index contributed by atoms with van der Waals surface area (Å²) in [5, 5.41) is 166. The van der Waals surface area contributed by atoms with E-state index in [-0.39, 0.29) is 126 Å². The Labute approximate surface area is 916 Å². The molecule has 8 aliphatic rings. The number of thioether (sulfide) groups is 4. The zero-order valence-electron chi connectivity index (χ0n) is 128. The van der Waals surface area contributed by atoms with E-state index in [1.165, 1.54) is 55.5 Å². The van der Waals surface area contributed by atoms with E-state index < -0.39 is 354 Å². The van der Waals surface area contributed by atoms with Crippen LogP contribution in [0.15, 0.2) is 93.4 Å². The van der Waals surface area contributed by atoms with E-state index >= 15 is 0 Å². The van der Waals surface area contributed by atoms with Gasteiger partial charge in [-0.3, -0.25) is 0 Å². The lowest BCUT2D eigenvalue weighted by molar-refractivity contribution is -0.0629. The average Bonchev–Trinajstić information content (AvgIpc) is 1.48. The Balaban J connectivity index is 0.000000170. The quantitative estimate of drug-likeness (QED) is 0.00969. The number of anilines is 4. The van der Waals surface area contributed by atoms with Gasteiger partial charge in [-0.25, -0.2) is 76.2 Å². The van der Waals surface area contributed by atoms with Crippen LogP contribution in [0.3, 0.4) is 0 Å². The topological polar surface area (TPSA) is 554 Å². The van der Waals surface area contributed by atoms with Crippen LogP contribution in [0.2, 0.25) is 0 Å². The molecule has 20 rings (SSSR count). The minimum Gasteiger partial charge on any atom is -0.394 e. The molecular formula is C96H124F4N24O16S4. The number of aliphatic hydroxyl groups excluding tert-OH is 2. The van der Waals surface area contributed by atoms with Gasteiger partial charge in [0.1, 0.15) is 71.9 Å². The third-order valence-corrected chi connectivity index (χ3v) is 24.4. The van der Waals surface area contributed by atoms with Crippen LogP contribution in [-0.4, -0.2) is 334 Å². The Kier molecular flexibility index (Phi) is 19.2. The highest BCUT2D eigenvalue weighted by Gasteiger charge is 2.51. The number of nitrogens with one attached hydrogen (secondary N) is 4. The normalized spacial score (nSPS) is 45.7. The molecule has 0 bridgehead atoms. The van der Waals surface area contributed by atoms with E-state index in [0.717, 1.165) is 33.8 Å². The number of ether oxygens (including phenoxy) is 4. The Morgan fingerprint density at radius 2 is 0.611 bits per heavy atom. The summed E-state index contributed by atoms with van der Waals surface area (Å²) in [7, 11) is 0. The smallest absolute Gasteiger partial charge is 0.191 e. The van der Waals surface area contributed by atoms with Crippen LogP contribution in [-0.2, 0) is 18.9 Å². The zero-order chi connectivity index (χ0) is 149. The second kappa shape index (κ2) is 47.3. The summed E-state index contributed by atoms with van der Waals surface area (Å²) in [6.07, 6.45) is -74.2. The molecule has 4 aromatic carbocycles. The lowest BCUT2D eigenvalue weighted by Crippen LogP contribution is -2.33. The molecular weight excluding hydrogens is 1950 g/mol. The van der Waals surface area contributed by atoms with Gasteiger partial charge in [-0.1, -0.05) is 144 Å². The maximum atomic E-state index is 14.4. The maximum absolute atomic E-state index is 14.4. The van der Waals surface area contributed by atoms with Crippen molar-refractivity contribution in [1.82, 2.24) is 99.8 Å². The monoisotopic (exact) mass is 2130 g/mol. The fourth-order valence-electron chi connectivity index (χ4n) is 14.2. The minimum absolute atomic E-state index is 0.0148. The predicted molar refractivity (Wildman–Crippen MR) is 530 cm³/mol. The molecule has 8 heterocycles. The van der Waals surface area contributed by atoms with Crippen molar-refractivity contribution >= 4 is 115 Å². The van der Waals surface area contributed by atoms with E-state index in [9.17, 15) is 78.8 Å². The first-order valence-corrected chi connectivity index (χ1v) is 46.0. The second-order valence-electron chi connectivity index (χ2n) is 31.2. The van der Waals surface area contributed by atoms with Gasteiger partial charge >= 0.3 is 0 Å². The number of aryl methyl sites for hydroxylation is 4. The Morgan fingerprint density at radius 3 is 0.847 bits per heavy atom. The molecule has 8 aliphatic carbocycles. The van der Waals surface area contributed by atoms with Gasteiger partial charge in [0.05, 0.1) is 134 Å². The zero-order valence-corrected chi connectivity index (χ0v) is 79.2. The fourth-order valence-corrected chi connectivity index (χ4v) is 16.1. The van der Waals surface area contributed by atoms with E-state index in [1.807, 2.05) is 0 Å². The molecule has 16 N–H and O–H groups in total. The lowest BCUT2D eigenvalue weighted by atomic mass is 10.1. The predicted octanol–water partition coefficient (Wildman–Crippen LogP) is 8.73. The molecule has 0 unspecified atom stereocenters. The number of halogens is 4. The molecule has 24 atom stereocenters. The van der Waals surface area contributed by atoms with Gasteiger partial charge in [0.25, 0.3) is 0 Å². The van der Waals surface area contributed by atoms with Crippen LogP contribution in [0.1, 0.15) is 268 Å². The first kappa shape index (κ1) is 58.4. The van der Waals surface area contributed by atoms with Gasteiger partial charge in [-0.2, -0.15) is 0 Å². The van der Waals surface area contributed by atoms with Crippen LogP contribution in [0.25, 0.3) is 44.7 Å². The summed E-state index contributed by atoms with van der Waals surface area (Å²) in [4.78, 5) is 33.0. The van der Waals surface area contributed by atoms with Crippen molar-refractivity contribution in [2.75, 3.05) is 96.8 Å².